The normalized spacial score (nSPS) is 26.7. The van der Waals surface area contributed by atoms with Crippen LogP contribution in [0.4, 0.5) is 0 Å². The fourth-order valence-corrected chi connectivity index (χ4v) is 2.62. The number of hydrogen-bond acceptors (Lipinski definition) is 3. The minimum Gasteiger partial charge on any atom is -0.504 e. The molecule has 0 heterocycles. The van der Waals surface area contributed by atoms with Crippen LogP contribution in [0.25, 0.3) is 0 Å². The standard InChI is InChI=1S/C10H20O.C6H6O2/c1-7(2)9-5-4-8(3)6-10(9)11;7-5-3-1-2-4-6(5)8/h7-11H,4-6H2,1-3H3;1-4,7-8H. The lowest BCUT2D eigenvalue weighted by molar-refractivity contribution is 0.0266. The second-order valence-electron chi connectivity index (χ2n) is 5.88. The van der Waals surface area contributed by atoms with Crippen molar-refractivity contribution in [3.63, 3.8) is 0 Å². The molecule has 0 saturated heterocycles. The van der Waals surface area contributed by atoms with E-state index in [0.29, 0.717) is 11.8 Å². The number of para-hydroxylation sites is 2. The molecule has 0 bridgehead atoms. The molecule has 2 rings (SSSR count). The molecule has 19 heavy (non-hydrogen) atoms. The number of phenols is 2. The van der Waals surface area contributed by atoms with Gasteiger partial charge in [0.05, 0.1) is 6.10 Å². The Morgan fingerprint density at radius 2 is 1.58 bits per heavy atom. The highest BCUT2D eigenvalue weighted by molar-refractivity contribution is 5.36. The van der Waals surface area contributed by atoms with Gasteiger partial charge in [0, 0.05) is 0 Å². The van der Waals surface area contributed by atoms with Crippen LogP contribution in [0.15, 0.2) is 24.3 Å². The van der Waals surface area contributed by atoms with E-state index in [2.05, 4.69) is 20.8 Å². The lowest BCUT2D eigenvalue weighted by atomic mass is 9.75. The molecule has 108 valence electrons. The van der Waals surface area contributed by atoms with E-state index in [-0.39, 0.29) is 17.6 Å². The maximum atomic E-state index is 9.71. The smallest absolute Gasteiger partial charge is 0.157 e. The van der Waals surface area contributed by atoms with Crippen molar-refractivity contribution in [3.8, 4) is 11.5 Å². The van der Waals surface area contributed by atoms with Gasteiger partial charge in [-0.1, -0.05) is 39.3 Å². The van der Waals surface area contributed by atoms with Gasteiger partial charge < -0.3 is 15.3 Å². The number of aromatic hydroxyl groups is 2. The first kappa shape index (κ1) is 15.8. The molecule has 3 heteroatoms. The first-order chi connectivity index (χ1) is 8.91. The predicted molar refractivity (Wildman–Crippen MR) is 77.1 cm³/mol. The molecule has 0 aliphatic heterocycles. The summed E-state index contributed by atoms with van der Waals surface area (Å²) in [4.78, 5) is 0. The Kier molecular flexibility index (Phi) is 6.16. The molecule has 0 spiro atoms. The zero-order valence-corrected chi connectivity index (χ0v) is 12.1. The van der Waals surface area contributed by atoms with E-state index < -0.39 is 0 Å². The van der Waals surface area contributed by atoms with Crippen LogP contribution in [0.3, 0.4) is 0 Å². The third-order valence-electron chi connectivity index (χ3n) is 3.87. The van der Waals surface area contributed by atoms with Gasteiger partial charge in [-0.3, -0.25) is 0 Å². The molecule has 1 aliphatic carbocycles. The summed E-state index contributed by atoms with van der Waals surface area (Å²) in [5.74, 6) is 1.80. The highest BCUT2D eigenvalue weighted by Gasteiger charge is 2.28. The van der Waals surface area contributed by atoms with Crippen molar-refractivity contribution in [2.75, 3.05) is 0 Å². The Morgan fingerprint density at radius 1 is 1.05 bits per heavy atom. The van der Waals surface area contributed by atoms with E-state index >= 15 is 0 Å². The monoisotopic (exact) mass is 266 g/mol. The first-order valence-corrected chi connectivity index (χ1v) is 7.06. The second-order valence-corrected chi connectivity index (χ2v) is 5.88. The number of aliphatic hydroxyl groups is 1. The largest absolute Gasteiger partial charge is 0.504 e. The molecule has 1 aliphatic rings. The van der Waals surface area contributed by atoms with Crippen LogP contribution in [0.5, 0.6) is 11.5 Å². The highest BCUT2D eigenvalue weighted by atomic mass is 16.3. The Morgan fingerprint density at radius 3 is 1.95 bits per heavy atom. The summed E-state index contributed by atoms with van der Waals surface area (Å²) in [6, 6.07) is 6.15. The van der Waals surface area contributed by atoms with Crippen molar-refractivity contribution in [1.29, 1.82) is 0 Å². The Hall–Kier alpha value is -1.22. The van der Waals surface area contributed by atoms with Gasteiger partial charge >= 0.3 is 0 Å². The molecule has 1 fully saturated rings. The quantitative estimate of drug-likeness (QED) is 0.681. The Balaban J connectivity index is 0.000000200. The molecule has 1 saturated carbocycles. The molecule has 0 radical (unpaired) electrons. The summed E-state index contributed by atoms with van der Waals surface area (Å²) in [6.45, 7) is 6.66. The minimum absolute atomic E-state index is 0.0289. The molecule has 3 atom stereocenters. The van der Waals surface area contributed by atoms with E-state index in [0.717, 1.165) is 12.3 Å². The van der Waals surface area contributed by atoms with Crippen LogP contribution in [0.2, 0.25) is 0 Å². The summed E-state index contributed by atoms with van der Waals surface area (Å²) in [7, 11) is 0. The van der Waals surface area contributed by atoms with E-state index in [9.17, 15) is 5.11 Å². The molecule has 3 unspecified atom stereocenters. The van der Waals surface area contributed by atoms with Crippen LogP contribution >= 0.6 is 0 Å². The van der Waals surface area contributed by atoms with Gasteiger partial charge in [-0.2, -0.15) is 0 Å². The molecular formula is C16H26O3. The van der Waals surface area contributed by atoms with Gasteiger partial charge in [-0.15, -0.1) is 0 Å². The number of hydrogen-bond donors (Lipinski definition) is 3. The SMILES string of the molecule is CC1CCC(C(C)C)C(O)C1.Oc1ccccc1O. The molecule has 1 aromatic carbocycles. The lowest BCUT2D eigenvalue weighted by Gasteiger charge is -2.33. The minimum atomic E-state index is -0.0764. The lowest BCUT2D eigenvalue weighted by Crippen LogP contribution is -2.31. The van der Waals surface area contributed by atoms with Crippen LogP contribution in [0.1, 0.15) is 40.0 Å². The van der Waals surface area contributed by atoms with Gasteiger partial charge in [0.2, 0.25) is 0 Å². The van der Waals surface area contributed by atoms with Gasteiger partial charge in [0.15, 0.2) is 11.5 Å². The molecule has 0 aromatic heterocycles. The Labute approximate surface area is 115 Å². The molecule has 1 aromatic rings. The third kappa shape index (κ3) is 5.11. The van der Waals surface area contributed by atoms with Crippen LogP contribution in [0, 0.1) is 17.8 Å². The van der Waals surface area contributed by atoms with E-state index in [4.69, 9.17) is 10.2 Å². The third-order valence-corrected chi connectivity index (χ3v) is 3.87. The highest BCUT2D eigenvalue weighted by Crippen LogP contribution is 2.33. The van der Waals surface area contributed by atoms with Crippen molar-refractivity contribution in [2.24, 2.45) is 17.8 Å². The molecule has 0 amide bonds. The fraction of sp³-hybridized carbons (Fsp3) is 0.625. The summed E-state index contributed by atoms with van der Waals surface area (Å²) >= 11 is 0. The average molecular weight is 266 g/mol. The predicted octanol–water partition coefficient (Wildman–Crippen LogP) is 3.54. The number of aliphatic hydroxyl groups excluding tert-OH is 1. The van der Waals surface area contributed by atoms with E-state index in [1.54, 1.807) is 12.1 Å². The summed E-state index contributed by atoms with van der Waals surface area (Å²) in [5, 5.41) is 27.0. The van der Waals surface area contributed by atoms with Crippen molar-refractivity contribution >= 4 is 0 Å². The first-order valence-electron chi connectivity index (χ1n) is 7.06. The van der Waals surface area contributed by atoms with Crippen molar-refractivity contribution < 1.29 is 15.3 Å². The van der Waals surface area contributed by atoms with Crippen molar-refractivity contribution in [3.05, 3.63) is 24.3 Å². The van der Waals surface area contributed by atoms with Crippen LogP contribution in [-0.4, -0.2) is 21.4 Å². The fourth-order valence-electron chi connectivity index (χ4n) is 2.62. The molecule has 3 N–H and O–H groups in total. The maximum Gasteiger partial charge on any atom is 0.157 e. The summed E-state index contributed by atoms with van der Waals surface area (Å²) in [5.41, 5.74) is 0. The number of benzene rings is 1. The number of phenolic OH excluding ortho intramolecular Hbond substituents is 2. The maximum absolute atomic E-state index is 9.71. The van der Waals surface area contributed by atoms with E-state index in [1.165, 1.54) is 25.0 Å². The van der Waals surface area contributed by atoms with Crippen molar-refractivity contribution in [2.45, 2.75) is 46.1 Å². The molecule has 3 nitrogen and oxygen atoms in total. The zero-order chi connectivity index (χ0) is 14.4. The van der Waals surface area contributed by atoms with Gasteiger partial charge in [-0.05, 0) is 42.7 Å². The van der Waals surface area contributed by atoms with Crippen LogP contribution in [-0.2, 0) is 0 Å². The molecular weight excluding hydrogens is 240 g/mol. The van der Waals surface area contributed by atoms with E-state index in [1.807, 2.05) is 0 Å². The van der Waals surface area contributed by atoms with Crippen LogP contribution < -0.4 is 0 Å². The van der Waals surface area contributed by atoms with Gasteiger partial charge in [0.25, 0.3) is 0 Å². The van der Waals surface area contributed by atoms with Gasteiger partial charge in [-0.25, -0.2) is 0 Å². The average Bonchev–Trinajstić information content (AvgIpc) is 2.33. The zero-order valence-electron chi connectivity index (χ0n) is 12.1. The van der Waals surface area contributed by atoms with Gasteiger partial charge in [0.1, 0.15) is 0 Å². The van der Waals surface area contributed by atoms with Crippen molar-refractivity contribution in [1.82, 2.24) is 0 Å². The summed E-state index contributed by atoms with van der Waals surface area (Å²) < 4.78 is 0. The summed E-state index contributed by atoms with van der Waals surface area (Å²) in [6.07, 6.45) is 3.52. The Bertz CT molecular complexity index is 355. The number of rotatable bonds is 1. The topological polar surface area (TPSA) is 60.7 Å². The second kappa shape index (κ2) is 7.39.